The summed E-state index contributed by atoms with van der Waals surface area (Å²) in [5.41, 5.74) is 16.4. The normalized spacial score (nSPS) is 13.0. The number of ether oxygens (including phenoxy) is 1. The summed E-state index contributed by atoms with van der Waals surface area (Å²) < 4.78 is 11.5. The fourth-order valence-corrected chi connectivity index (χ4v) is 10.5. The van der Waals surface area contributed by atoms with Gasteiger partial charge >= 0.3 is 0 Å². The molecule has 6 nitrogen and oxygen atoms in total. The number of anilines is 2. The predicted molar refractivity (Wildman–Crippen MR) is 285 cm³/mol. The summed E-state index contributed by atoms with van der Waals surface area (Å²) in [6.45, 7) is 15.5. The molecule has 7 heteroatoms. The Morgan fingerprint density at radius 2 is 1.17 bits per heavy atom. The molecule has 11 aromatic rings. The maximum Gasteiger partial charge on any atom is 0.135 e. The minimum Gasteiger partial charge on any atom is -0.509 e. The van der Waals surface area contributed by atoms with E-state index in [1.807, 2.05) is 24.4 Å². The van der Waals surface area contributed by atoms with Gasteiger partial charge in [-0.05, 0) is 95.8 Å². The number of rotatable bonds is 8. The number of aromatic nitrogens is 3. The third-order valence-electron chi connectivity index (χ3n) is 13.4. The van der Waals surface area contributed by atoms with Crippen LogP contribution in [0.3, 0.4) is 0 Å². The van der Waals surface area contributed by atoms with Crippen LogP contribution in [-0.4, -0.2) is 14.1 Å². The minimum absolute atomic E-state index is 0. The van der Waals surface area contributed by atoms with Gasteiger partial charge in [0.25, 0.3) is 0 Å². The number of hydrogen-bond acceptors (Lipinski definition) is 4. The molecular formula is C63H50N5OPt-3. The average Bonchev–Trinajstić information content (AvgIpc) is 4.02. The van der Waals surface area contributed by atoms with E-state index in [4.69, 9.17) is 9.72 Å². The van der Waals surface area contributed by atoms with Crippen molar-refractivity contribution in [3.05, 3.63) is 240 Å². The van der Waals surface area contributed by atoms with Gasteiger partial charge in [0.2, 0.25) is 0 Å². The molecule has 0 unspecified atom stereocenters. The first-order chi connectivity index (χ1) is 33.6. The summed E-state index contributed by atoms with van der Waals surface area (Å²) in [5, 5.41) is 4.58. The zero-order valence-electron chi connectivity index (χ0n) is 39.9. The molecule has 0 bridgehead atoms. The number of benzene rings is 8. The molecule has 4 heterocycles. The molecule has 12 rings (SSSR count). The summed E-state index contributed by atoms with van der Waals surface area (Å²) in [6, 6.07) is 71.8. The summed E-state index contributed by atoms with van der Waals surface area (Å²) in [5.74, 6) is 1.98. The van der Waals surface area contributed by atoms with Gasteiger partial charge in [-0.3, -0.25) is 0 Å². The summed E-state index contributed by atoms with van der Waals surface area (Å²) >= 11 is 0. The zero-order valence-corrected chi connectivity index (χ0v) is 42.2. The van der Waals surface area contributed by atoms with Gasteiger partial charge in [0, 0.05) is 77.8 Å². The Morgan fingerprint density at radius 1 is 0.543 bits per heavy atom. The van der Waals surface area contributed by atoms with Gasteiger partial charge in [0.15, 0.2) is 0 Å². The first-order valence-corrected chi connectivity index (χ1v) is 23.6. The second kappa shape index (κ2) is 17.7. The molecule has 1 aliphatic heterocycles. The van der Waals surface area contributed by atoms with Crippen molar-refractivity contribution in [1.82, 2.24) is 14.1 Å². The van der Waals surface area contributed by atoms with E-state index >= 15 is 0 Å². The van der Waals surface area contributed by atoms with Crippen LogP contribution in [0.25, 0.3) is 66.5 Å². The third-order valence-corrected chi connectivity index (χ3v) is 13.4. The van der Waals surface area contributed by atoms with Crippen molar-refractivity contribution in [2.24, 2.45) is 0 Å². The monoisotopic (exact) mass is 1090 g/mol. The second-order valence-corrected chi connectivity index (χ2v) is 19.2. The van der Waals surface area contributed by atoms with E-state index in [0.717, 1.165) is 78.2 Å². The molecule has 8 aromatic carbocycles. The van der Waals surface area contributed by atoms with Crippen molar-refractivity contribution < 1.29 is 25.8 Å². The van der Waals surface area contributed by atoms with Gasteiger partial charge in [-0.25, -0.2) is 4.98 Å². The molecule has 0 spiro atoms. The molecule has 3 aromatic heterocycles. The SMILES string of the molecule is Cc1cc(C)c(N2[CH-]N(c3[c-]c(Oc4[c-]c5c(cc4)c4c(ccc6c7ccccc7n(-c7ccccc7)c64)n5-c4cc(C(C)(C)C)ccn4)ccc3)C(c3ccccc3)=C2c2ccccc2)c(C)c1.[Pt]. The van der Waals surface area contributed by atoms with Crippen LogP contribution in [0.4, 0.5) is 11.4 Å². The molecule has 0 amide bonds. The number of pyridine rings is 1. The van der Waals surface area contributed by atoms with Gasteiger partial charge in [-0.1, -0.05) is 152 Å². The molecule has 0 radical (unpaired) electrons. The van der Waals surface area contributed by atoms with Gasteiger partial charge in [-0.15, -0.1) is 42.7 Å². The van der Waals surface area contributed by atoms with E-state index in [0.29, 0.717) is 11.5 Å². The number of nitrogens with zero attached hydrogens (tertiary/aromatic N) is 5. The molecule has 0 saturated heterocycles. The second-order valence-electron chi connectivity index (χ2n) is 19.2. The Balaban J connectivity index is 0.00000533. The fourth-order valence-electron chi connectivity index (χ4n) is 10.5. The van der Waals surface area contributed by atoms with E-state index in [1.165, 1.54) is 33.0 Å². The fraction of sp³-hybridized carbons (Fsp3) is 0.111. The van der Waals surface area contributed by atoms with Gasteiger partial charge < -0.3 is 23.7 Å². The van der Waals surface area contributed by atoms with Crippen LogP contribution in [0.1, 0.15) is 54.2 Å². The largest absolute Gasteiger partial charge is 0.509 e. The van der Waals surface area contributed by atoms with Gasteiger partial charge in [0.05, 0.1) is 11.0 Å². The van der Waals surface area contributed by atoms with E-state index in [2.05, 4.69) is 243 Å². The summed E-state index contributed by atoms with van der Waals surface area (Å²) in [4.78, 5) is 9.64. The Labute approximate surface area is 424 Å². The predicted octanol–water partition coefficient (Wildman–Crippen LogP) is 15.9. The summed E-state index contributed by atoms with van der Waals surface area (Å²) in [7, 11) is 0. The number of para-hydroxylation sites is 2. The maximum atomic E-state index is 6.88. The first kappa shape index (κ1) is 44.8. The quantitative estimate of drug-likeness (QED) is 0.142. The van der Waals surface area contributed by atoms with Crippen molar-refractivity contribution in [1.29, 1.82) is 0 Å². The van der Waals surface area contributed by atoms with Crippen molar-refractivity contribution in [3.8, 4) is 23.0 Å². The van der Waals surface area contributed by atoms with E-state index < -0.39 is 0 Å². The standard InChI is InChI=1S/C63H50N5O.Pt/c1-41-35-42(2)59(43(3)36-41)66-40-65(60(44-19-10-7-11-20-44)61(66)45-21-12-8-13-22-45)48-25-18-26-49(38-48)69-50-29-30-53-56(39-50)68(57-37-46(33-34-64-57)63(4,5)6)55-32-31-52-51-27-16-17-28-54(51)67(62(52)58(53)55)47-23-14-9-15-24-47;/h7-37,40H,1-6H3;/q-3;. The zero-order chi connectivity index (χ0) is 47.0. The molecular weight excluding hydrogens is 1040 g/mol. The smallest absolute Gasteiger partial charge is 0.135 e. The van der Waals surface area contributed by atoms with Crippen LogP contribution in [0.5, 0.6) is 11.5 Å². The Kier molecular flexibility index (Phi) is 11.3. The van der Waals surface area contributed by atoms with E-state index in [1.54, 1.807) is 0 Å². The van der Waals surface area contributed by atoms with Crippen LogP contribution >= 0.6 is 0 Å². The molecule has 70 heavy (non-hydrogen) atoms. The van der Waals surface area contributed by atoms with Crippen LogP contribution in [0.2, 0.25) is 0 Å². The Morgan fingerprint density at radius 3 is 1.87 bits per heavy atom. The topological polar surface area (TPSA) is 38.5 Å². The molecule has 0 saturated carbocycles. The van der Waals surface area contributed by atoms with Crippen molar-refractivity contribution >= 4 is 66.4 Å². The maximum absolute atomic E-state index is 6.88. The van der Waals surface area contributed by atoms with E-state index in [9.17, 15) is 0 Å². The van der Waals surface area contributed by atoms with Crippen LogP contribution in [-0.2, 0) is 26.5 Å². The van der Waals surface area contributed by atoms with Gasteiger partial charge in [0.1, 0.15) is 5.82 Å². The Hall–Kier alpha value is -7.66. The first-order valence-electron chi connectivity index (χ1n) is 23.6. The molecule has 1 aliphatic rings. The molecule has 0 N–H and O–H groups in total. The van der Waals surface area contributed by atoms with Crippen molar-refractivity contribution in [2.75, 3.05) is 9.80 Å². The minimum atomic E-state index is -0.0820. The molecule has 0 atom stereocenters. The molecule has 0 fully saturated rings. The van der Waals surface area contributed by atoms with Crippen molar-refractivity contribution in [2.45, 2.75) is 47.0 Å². The number of hydrogen-bond donors (Lipinski definition) is 0. The van der Waals surface area contributed by atoms with Crippen LogP contribution < -0.4 is 14.5 Å². The summed E-state index contributed by atoms with van der Waals surface area (Å²) in [6.07, 6.45) is 1.92. The average molecular weight is 1090 g/mol. The number of fused-ring (bicyclic) bond motifs is 7. The van der Waals surface area contributed by atoms with Crippen LogP contribution in [0.15, 0.2) is 188 Å². The Bertz CT molecular complexity index is 3790. The third kappa shape index (κ3) is 7.59. The molecule has 0 aliphatic carbocycles. The van der Waals surface area contributed by atoms with Gasteiger partial charge in [-0.2, -0.15) is 12.1 Å². The van der Waals surface area contributed by atoms with Crippen LogP contribution in [0, 0.1) is 39.6 Å². The van der Waals surface area contributed by atoms with E-state index in [-0.39, 0.29) is 26.5 Å². The number of aryl methyl sites for hydroxylation is 3. The van der Waals surface area contributed by atoms with Crippen molar-refractivity contribution in [3.63, 3.8) is 0 Å². The molecule has 346 valence electrons.